The molecule has 1 saturated heterocycles. The number of hydrogen-bond donors (Lipinski definition) is 2. The molecule has 0 spiro atoms. The average molecular weight is 293 g/mol. The number of ether oxygens (including phenoxy) is 2. The molecule has 1 aromatic carbocycles. The lowest BCUT2D eigenvalue weighted by molar-refractivity contribution is 0.00597. The van der Waals surface area contributed by atoms with Gasteiger partial charge in [0.1, 0.15) is 5.75 Å². The number of rotatable bonds is 7. The molecule has 0 amide bonds. The Kier molecular flexibility index (Phi) is 6.33. The summed E-state index contributed by atoms with van der Waals surface area (Å²) in [5.41, 5.74) is 1.88. The Morgan fingerprint density at radius 1 is 1.38 bits per heavy atom. The van der Waals surface area contributed by atoms with Crippen molar-refractivity contribution in [3.63, 3.8) is 0 Å². The third-order valence-electron chi connectivity index (χ3n) is 3.88. The fourth-order valence-corrected chi connectivity index (χ4v) is 2.86. The van der Waals surface area contributed by atoms with Crippen LogP contribution in [0.2, 0.25) is 0 Å². The van der Waals surface area contributed by atoms with Crippen molar-refractivity contribution in [2.24, 2.45) is 0 Å². The van der Waals surface area contributed by atoms with E-state index >= 15 is 0 Å². The maximum absolute atomic E-state index is 9.46. The fraction of sp³-hybridized carbons (Fsp3) is 0.647. The van der Waals surface area contributed by atoms with Crippen LogP contribution in [0.15, 0.2) is 18.2 Å². The van der Waals surface area contributed by atoms with E-state index in [4.69, 9.17) is 9.47 Å². The summed E-state index contributed by atoms with van der Waals surface area (Å²) in [6.07, 6.45) is 4.75. The SMILES string of the molecule is CCCC1CC(Nc2ccc(OCC)c(CO)c2)CCO1. The van der Waals surface area contributed by atoms with Crippen LogP contribution >= 0.6 is 0 Å². The maximum Gasteiger partial charge on any atom is 0.124 e. The summed E-state index contributed by atoms with van der Waals surface area (Å²) in [4.78, 5) is 0. The van der Waals surface area contributed by atoms with Crippen molar-refractivity contribution in [2.75, 3.05) is 18.5 Å². The van der Waals surface area contributed by atoms with Gasteiger partial charge in [-0.25, -0.2) is 0 Å². The molecule has 0 saturated carbocycles. The molecule has 1 heterocycles. The van der Waals surface area contributed by atoms with Gasteiger partial charge >= 0.3 is 0 Å². The molecule has 0 aromatic heterocycles. The second-order valence-corrected chi connectivity index (χ2v) is 5.56. The minimum absolute atomic E-state index is 0.00289. The average Bonchev–Trinajstić information content (AvgIpc) is 2.50. The van der Waals surface area contributed by atoms with Crippen molar-refractivity contribution in [1.29, 1.82) is 0 Å². The van der Waals surface area contributed by atoms with Crippen LogP contribution in [0.25, 0.3) is 0 Å². The fourth-order valence-electron chi connectivity index (χ4n) is 2.86. The van der Waals surface area contributed by atoms with Crippen LogP contribution in [0.3, 0.4) is 0 Å². The molecule has 2 rings (SSSR count). The largest absolute Gasteiger partial charge is 0.494 e. The zero-order valence-electron chi connectivity index (χ0n) is 13.1. The molecule has 2 N–H and O–H groups in total. The summed E-state index contributed by atoms with van der Waals surface area (Å²) >= 11 is 0. The van der Waals surface area contributed by atoms with Gasteiger partial charge in [-0.2, -0.15) is 0 Å². The van der Waals surface area contributed by atoms with Crippen molar-refractivity contribution in [2.45, 2.75) is 58.3 Å². The molecule has 1 aromatic rings. The van der Waals surface area contributed by atoms with E-state index in [-0.39, 0.29) is 6.61 Å². The van der Waals surface area contributed by atoms with Crippen LogP contribution in [-0.4, -0.2) is 30.5 Å². The molecule has 4 nitrogen and oxygen atoms in total. The van der Waals surface area contributed by atoms with Crippen LogP contribution < -0.4 is 10.1 Å². The number of aliphatic hydroxyl groups is 1. The summed E-state index contributed by atoms with van der Waals surface area (Å²) in [6, 6.07) is 6.38. The standard InChI is InChI=1S/C17H27NO3/c1-3-5-16-11-15(8-9-21-16)18-14-6-7-17(20-4-2)13(10-14)12-19/h6-7,10,15-16,18-19H,3-5,8-9,11-12H2,1-2H3. The molecular weight excluding hydrogens is 266 g/mol. The summed E-state index contributed by atoms with van der Waals surface area (Å²) < 4.78 is 11.3. The van der Waals surface area contributed by atoms with Crippen LogP contribution in [0.1, 0.15) is 45.1 Å². The number of benzene rings is 1. The molecule has 118 valence electrons. The molecule has 21 heavy (non-hydrogen) atoms. The zero-order valence-corrected chi connectivity index (χ0v) is 13.1. The van der Waals surface area contributed by atoms with Crippen molar-refractivity contribution >= 4 is 5.69 Å². The molecule has 1 aliphatic rings. The third kappa shape index (κ3) is 4.61. The van der Waals surface area contributed by atoms with Crippen LogP contribution in [0, 0.1) is 0 Å². The third-order valence-corrected chi connectivity index (χ3v) is 3.88. The zero-order chi connectivity index (χ0) is 15.1. The van der Waals surface area contributed by atoms with Gasteiger partial charge in [0, 0.05) is 23.9 Å². The number of anilines is 1. The van der Waals surface area contributed by atoms with E-state index in [1.165, 1.54) is 0 Å². The normalized spacial score (nSPS) is 22.0. The summed E-state index contributed by atoms with van der Waals surface area (Å²) in [6.45, 7) is 5.57. The maximum atomic E-state index is 9.46. The minimum atomic E-state index is -0.00289. The lowest BCUT2D eigenvalue weighted by Crippen LogP contribution is -2.34. The number of nitrogens with one attached hydrogen (secondary N) is 1. The first-order chi connectivity index (χ1) is 10.3. The summed E-state index contributed by atoms with van der Waals surface area (Å²) in [7, 11) is 0. The topological polar surface area (TPSA) is 50.7 Å². The molecule has 2 atom stereocenters. The van der Waals surface area contributed by atoms with Crippen molar-refractivity contribution in [3.8, 4) is 5.75 Å². The van der Waals surface area contributed by atoms with Gasteiger partial charge in [0.15, 0.2) is 0 Å². The van der Waals surface area contributed by atoms with Gasteiger partial charge < -0.3 is 19.9 Å². The predicted molar refractivity (Wildman–Crippen MR) is 84.8 cm³/mol. The molecular formula is C17H27NO3. The number of aliphatic hydroxyl groups excluding tert-OH is 1. The first-order valence-electron chi connectivity index (χ1n) is 8.01. The van der Waals surface area contributed by atoms with E-state index in [0.717, 1.165) is 49.3 Å². The highest BCUT2D eigenvalue weighted by atomic mass is 16.5. The monoisotopic (exact) mass is 293 g/mol. The predicted octanol–water partition coefficient (Wildman–Crippen LogP) is 3.34. The second-order valence-electron chi connectivity index (χ2n) is 5.56. The number of hydrogen-bond acceptors (Lipinski definition) is 4. The van der Waals surface area contributed by atoms with E-state index in [1.54, 1.807) is 0 Å². The minimum Gasteiger partial charge on any atom is -0.494 e. The highest BCUT2D eigenvalue weighted by Crippen LogP contribution is 2.26. The smallest absolute Gasteiger partial charge is 0.124 e. The first kappa shape index (κ1) is 16.1. The Morgan fingerprint density at radius 3 is 2.95 bits per heavy atom. The lowest BCUT2D eigenvalue weighted by Gasteiger charge is -2.31. The van der Waals surface area contributed by atoms with Gasteiger partial charge in [0.05, 0.1) is 19.3 Å². The van der Waals surface area contributed by atoms with E-state index in [2.05, 4.69) is 12.2 Å². The van der Waals surface area contributed by atoms with Crippen molar-refractivity contribution in [3.05, 3.63) is 23.8 Å². The van der Waals surface area contributed by atoms with Gasteiger partial charge in [0.25, 0.3) is 0 Å². The molecule has 0 aliphatic carbocycles. The molecule has 2 unspecified atom stereocenters. The Bertz CT molecular complexity index is 434. The second kappa shape index (κ2) is 8.25. The molecule has 0 radical (unpaired) electrons. The van der Waals surface area contributed by atoms with Gasteiger partial charge in [-0.05, 0) is 44.4 Å². The highest BCUT2D eigenvalue weighted by molar-refractivity contribution is 5.51. The van der Waals surface area contributed by atoms with Crippen LogP contribution in [0.4, 0.5) is 5.69 Å². The summed E-state index contributed by atoms with van der Waals surface area (Å²) in [5, 5.41) is 13.0. The Labute approximate surface area is 127 Å². The van der Waals surface area contributed by atoms with E-state index in [0.29, 0.717) is 18.8 Å². The lowest BCUT2D eigenvalue weighted by atomic mass is 9.99. The van der Waals surface area contributed by atoms with Gasteiger partial charge in [-0.1, -0.05) is 13.3 Å². The van der Waals surface area contributed by atoms with Crippen LogP contribution in [-0.2, 0) is 11.3 Å². The van der Waals surface area contributed by atoms with Gasteiger partial charge in [-0.3, -0.25) is 0 Å². The van der Waals surface area contributed by atoms with E-state index in [9.17, 15) is 5.11 Å². The van der Waals surface area contributed by atoms with E-state index < -0.39 is 0 Å². The van der Waals surface area contributed by atoms with Crippen molar-refractivity contribution in [1.82, 2.24) is 0 Å². The molecule has 0 bridgehead atoms. The molecule has 1 fully saturated rings. The molecule has 4 heteroatoms. The van der Waals surface area contributed by atoms with Crippen LogP contribution in [0.5, 0.6) is 5.75 Å². The summed E-state index contributed by atoms with van der Waals surface area (Å²) in [5.74, 6) is 0.765. The highest BCUT2D eigenvalue weighted by Gasteiger charge is 2.21. The Morgan fingerprint density at radius 2 is 2.24 bits per heavy atom. The Balaban J connectivity index is 1.98. The first-order valence-corrected chi connectivity index (χ1v) is 8.01. The van der Waals surface area contributed by atoms with E-state index in [1.807, 2.05) is 25.1 Å². The molecule has 1 aliphatic heterocycles. The van der Waals surface area contributed by atoms with Crippen molar-refractivity contribution < 1.29 is 14.6 Å². The quantitative estimate of drug-likeness (QED) is 0.809. The van der Waals surface area contributed by atoms with Gasteiger partial charge in [-0.15, -0.1) is 0 Å². The van der Waals surface area contributed by atoms with Gasteiger partial charge in [0.2, 0.25) is 0 Å². The Hall–Kier alpha value is -1.26.